The van der Waals surface area contributed by atoms with Crippen molar-refractivity contribution in [3.05, 3.63) is 55.2 Å². The summed E-state index contributed by atoms with van der Waals surface area (Å²) in [5, 5.41) is 3.98. The van der Waals surface area contributed by atoms with Gasteiger partial charge in [-0.25, -0.2) is 0 Å². The van der Waals surface area contributed by atoms with Crippen molar-refractivity contribution in [3.63, 3.8) is 0 Å². The standard InChI is InChI=1S/C12H10Cl3NS/c13-8-1-2-9(14)7(5-8)6-11(16)12-10(15)3-4-17-12/h1-5,11H,6,16H2. The number of rotatable bonds is 3. The van der Waals surface area contributed by atoms with Gasteiger partial charge in [-0.3, -0.25) is 0 Å². The van der Waals surface area contributed by atoms with Gasteiger partial charge in [-0.2, -0.15) is 0 Å². The lowest BCUT2D eigenvalue weighted by atomic mass is 10.1. The Balaban J connectivity index is 2.21. The minimum absolute atomic E-state index is 0.154. The van der Waals surface area contributed by atoms with Gasteiger partial charge in [0.25, 0.3) is 0 Å². The maximum atomic E-state index is 6.12. The zero-order valence-corrected chi connectivity index (χ0v) is 11.9. The van der Waals surface area contributed by atoms with Gasteiger partial charge in [-0.1, -0.05) is 34.8 Å². The molecule has 0 saturated heterocycles. The molecule has 1 atom stereocenters. The van der Waals surface area contributed by atoms with E-state index in [-0.39, 0.29) is 6.04 Å². The Kier molecular flexibility index (Phi) is 4.34. The quantitative estimate of drug-likeness (QED) is 0.853. The zero-order chi connectivity index (χ0) is 12.4. The lowest BCUT2D eigenvalue weighted by molar-refractivity contribution is 0.737. The molecule has 0 saturated carbocycles. The Hall–Kier alpha value is -0.250. The topological polar surface area (TPSA) is 26.0 Å². The van der Waals surface area contributed by atoms with Crippen LogP contribution in [0.2, 0.25) is 15.1 Å². The molecule has 1 unspecified atom stereocenters. The summed E-state index contributed by atoms with van der Waals surface area (Å²) < 4.78 is 0. The predicted molar refractivity (Wildman–Crippen MR) is 76.4 cm³/mol. The third kappa shape index (κ3) is 3.15. The summed E-state index contributed by atoms with van der Waals surface area (Å²) in [7, 11) is 0. The lowest BCUT2D eigenvalue weighted by Crippen LogP contribution is -2.12. The van der Waals surface area contributed by atoms with Gasteiger partial charge in [0.2, 0.25) is 0 Å². The number of nitrogens with two attached hydrogens (primary N) is 1. The van der Waals surface area contributed by atoms with Crippen LogP contribution in [0.5, 0.6) is 0 Å². The minimum atomic E-state index is -0.154. The molecule has 0 fully saturated rings. The maximum absolute atomic E-state index is 6.12. The summed E-state index contributed by atoms with van der Waals surface area (Å²) in [6.07, 6.45) is 0.625. The Morgan fingerprint density at radius 1 is 1.12 bits per heavy atom. The summed E-state index contributed by atoms with van der Waals surface area (Å²) >= 11 is 19.6. The molecule has 2 rings (SSSR count). The fraction of sp³-hybridized carbons (Fsp3) is 0.167. The molecule has 0 aliphatic heterocycles. The highest BCUT2D eigenvalue weighted by atomic mass is 35.5. The molecule has 1 aromatic heterocycles. The van der Waals surface area contributed by atoms with E-state index < -0.39 is 0 Å². The lowest BCUT2D eigenvalue weighted by Gasteiger charge is -2.12. The minimum Gasteiger partial charge on any atom is -0.323 e. The third-order valence-corrected chi connectivity index (χ3v) is 4.52. The fourth-order valence-corrected chi connectivity index (χ4v) is 3.19. The summed E-state index contributed by atoms with van der Waals surface area (Å²) in [5.41, 5.74) is 7.06. The van der Waals surface area contributed by atoms with Crippen molar-refractivity contribution in [3.8, 4) is 0 Å². The van der Waals surface area contributed by atoms with Gasteiger partial charge in [-0.15, -0.1) is 11.3 Å². The predicted octanol–water partition coefficient (Wildman–Crippen LogP) is 4.95. The molecule has 90 valence electrons. The van der Waals surface area contributed by atoms with Gasteiger partial charge in [-0.05, 0) is 41.6 Å². The monoisotopic (exact) mass is 305 g/mol. The molecular formula is C12H10Cl3NS. The van der Waals surface area contributed by atoms with Crippen molar-refractivity contribution >= 4 is 46.1 Å². The molecule has 0 bridgehead atoms. The SMILES string of the molecule is NC(Cc1cc(Cl)ccc1Cl)c1sccc1Cl. The first kappa shape index (κ1) is 13.2. The van der Waals surface area contributed by atoms with Crippen LogP contribution < -0.4 is 5.73 Å². The molecule has 1 heterocycles. The number of hydrogen-bond donors (Lipinski definition) is 1. The Labute approximate surface area is 119 Å². The first-order chi connectivity index (χ1) is 8.08. The number of hydrogen-bond acceptors (Lipinski definition) is 2. The Bertz CT molecular complexity index is 524. The van der Waals surface area contributed by atoms with E-state index in [1.54, 1.807) is 23.5 Å². The van der Waals surface area contributed by atoms with Crippen LogP contribution in [-0.2, 0) is 6.42 Å². The van der Waals surface area contributed by atoms with Crippen LogP contribution in [0.1, 0.15) is 16.5 Å². The highest BCUT2D eigenvalue weighted by Gasteiger charge is 2.14. The molecule has 5 heteroatoms. The molecule has 0 aliphatic rings. The highest BCUT2D eigenvalue weighted by Crippen LogP contribution is 2.31. The van der Waals surface area contributed by atoms with Crippen LogP contribution in [-0.4, -0.2) is 0 Å². The molecule has 1 nitrogen and oxygen atoms in total. The van der Waals surface area contributed by atoms with Crippen LogP contribution in [0.3, 0.4) is 0 Å². The van der Waals surface area contributed by atoms with Crippen molar-refractivity contribution in [2.45, 2.75) is 12.5 Å². The fourth-order valence-electron chi connectivity index (χ4n) is 1.60. The van der Waals surface area contributed by atoms with Gasteiger partial charge in [0.05, 0.1) is 5.02 Å². The summed E-state index contributed by atoms with van der Waals surface area (Å²) in [6.45, 7) is 0. The van der Waals surface area contributed by atoms with E-state index in [4.69, 9.17) is 40.5 Å². The van der Waals surface area contributed by atoms with E-state index in [1.807, 2.05) is 17.5 Å². The molecule has 1 aromatic carbocycles. The van der Waals surface area contributed by atoms with E-state index in [1.165, 1.54) is 0 Å². The van der Waals surface area contributed by atoms with Gasteiger partial charge < -0.3 is 5.73 Å². The average Bonchev–Trinajstić information content (AvgIpc) is 2.70. The van der Waals surface area contributed by atoms with Crippen LogP contribution in [0.15, 0.2) is 29.6 Å². The van der Waals surface area contributed by atoms with Crippen LogP contribution in [0.25, 0.3) is 0 Å². The number of halogens is 3. The van der Waals surface area contributed by atoms with Crippen molar-refractivity contribution in [1.82, 2.24) is 0 Å². The first-order valence-electron chi connectivity index (χ1n) is 5.00. The van der Waals surface area contributed by atoms with Gasteiger partial charge in [0.1, 0.15) is 0 Å². The molecule has 0 spiro atoms. The van der Waals surface area contributed by atoms with Crippen molar-refractivity contribution < 1.29 is 0 Å². The van der Waals surface area contributed by atoms with Crippen molar-refractivity contribution in [2.24, 2.45) is 5.73 Å². The van der Waals surface area contributed by atoms with Gasteiger partial charge in [0, 0.05) is 21.0 Å². The van der Waals surface area contributed by atoms with Crippen molar-refractivity contribution in [1.29, 1.82) is 0 Å². The summed E-state index contributed by atoms with van der Waals surface area (Å²) in [4.78, 5) is 0.975. The van der Waals surface area contributed by atoms with E-state index in [0.717, 1.165) is 10.4 Å². The highest BCUT2D eigenvalue weighted by molar-refractivity contribution is 7.10. The summed E-state index contributed by atoms with van der Waals surface area (Å²) in [6, 6.07) is 7.07. The zero-order valence-electron chi connectivity index (χ0n) is 8.79. The second-order valence-electron chi connectivity index (χ2n) is 3.68. The smallest absolute Gasteiger partial charge is 0.0561 e. The van der Waals surface area contributed by atoms with Crippen molar-refractivity contribution in [2.75, 3.05) is 0 Å². The van der Waals surface area contributed by atoms with E-state index in [2.05, 4.69) is 0 Å². The third-order valence-electron chi connectivity index (χ3n) is 2.43. The molecule has 0 amide bonds. The van der Waals surface area contributed by atoms with E-state index in [9.17, 15) is 0 Å². The molecule has 2 aromatic rings. The number of thiophene rings is 1. The van der Waals surface area contributed by atoms with E-state index >= 15 is 0 Å². The number of benzene rings is 1. The van der Waals surface area contributed by atoms with Crippen LogP contribution in [0.4, 0.5) is 0 Å². The van der Waals surface area contributed by atoms with Crippen LogP contribution in [0, 0.1) is 0 Å². The average molecular weight is 307 g/mol. The Morgan fingerprint density at radius 2 is 1.88 bits per heavy atom. The molecular weight excluding hydrogens is 297 g/mol. The van der Waals surface area contributed by atoms with Gasteiger partial charge >= 0.3 is 0 Å². The molecule has 0 aliphatic carbocycles. The normalized spacial score (nSPS) is 12.7. The molecule has 17 heavy (non-hydrogen) atoms. The summed E-state index contributed by atoms with van der Waals surface area (Å²) in [5.74, 6) is 0. The maximum Gasteiger partial charge on any atom is 0.0561 e. The van der Waals surface area contributed by atoms with E-state index in [0.29, 0.717) is 21.5 Å². The van der Waals surface area contributed by atoms with Crippen LogP contribution >= 0.6 is 46.1 Å². The first-order valence-corrected chi connectivity index (χ1v) is 7.01. The van der Waals surface area contributed by atoms with Gasteiger partial charge in [0.15, 0.2) is 0 Å². The molecule has 2 N–H and O–H groups in total. The second kappa shape index (κ2) is 5.59. The Morgan fingerprint density at radius 3 is 2.53 bits per heavy atom. The largest absolute Gasteiger partial charge is 0.323 e. The molecule has 0 radical (unpaired) electrons. The second-order valence-corrected chi connectivity index (χ2v) is 5.88.